The van der Waals surface area contributed by atoms with Crippen molar-refractivity contribution < 1.29 is 5.11 Å². The van der Waals surface area contributed by atoms with Crippen molar-refractivity contribution in [3.05, 3.63) is 0 Å². The second-order valence-corrected chi connectivity index (χ2v) is 4.46. The van der Waals surface area contributed by atoms with Crippen molar-refractivity contribution in [2.24, 2.45) is 5.41 Å². The molecule has 2 fully saturated rings. The summed E-state index contributed by atoms with van der Waals surface area (Å²) >= 11 is 0. The third-order valence-corrected chi connectivity index (χ3v) is 3.59. The highest BCUT2D eigenvalue weighted by atomic mass is 16.3. The summed E-state index contributed by atoms with van der Waals surface area (Å²) in [6.45, 7) is 0. The quantitative estimate of drug-likeness (QED) is 0.568. The van der Waals surface area contributed by atoms with Crippen molar-refractivity contribution >= 4 is 0 Å². The van der Waals surface area contributed by atoms with Crippen LogP contribution in [0.1, 0.15) is 51.4 Å². The highest BCUT2D eigenvalue weighted by Gasteiger charge is 2.38. The van der Waals surface area contributed by atoms with Gasteiger partial charge in [-0.05, 0) is 37.5 Å². The molecule has 0 saturated heterocycles. The first-order valence-corrected chi connectivity index (χ1v) is 4.99. The van der Waals surface area contributed by atoms with E-state index in [1.54, 1.807) is 0 Å². The Kier molecular flexibility index (Phi) is 1.92. The largest absolute Gasteiger partial charge is 0.393 e. The minimum atomic E-state index is 0.0353. The van der Waals surface area contributed by atoms with E-state index in [1.165, 1.54) is 38.5 Å². The molecule has 2 aliphatic carbocycles. The zero-order valence-corrected chi connectivity index (χ0v) is 7.18. The fourth-order valence-electron chi connectivity index (χ4n) is 2.93. The molecule has 0 heterocycles. The van der Waals surface area contributed by atoms with E-state index in [2.05, 4.69) is 0 Å². The summed E-state index contributed by atoms with van der Waals surface area (Å²) in [5, 5.41) is 9.45. The molecule has 0 aromatic rings. The van der Waals surface area contributed by atoms with Crippen LogP contribution in [0.15, 0.2) is 0 Å². The highest BCUT2D eigenvalue weighted by molar-refractivity contribution is 4.90. The van der Waals surface area contributed by atoms with Crippen molar-refractivity contribution in [3.8, 4) is 0 Å². The van der Waals surface area contributed by atoms with Crippen LogP contribution in [0.2, 0.25) is 0 Å². The van der Waals surface area contributed by atoms with Gasteiger partial charge in [0.25, 0.3) is 0 Å². The number of aliphatic hydroxyl groups is 1. The molecular formula is C10H18O. The summed E-state index contributed by atoms with van der Waals surface area (Å²) in [6.07, 6.45) is 10.5. The standard InChI is InChI=1S/C10H18O/c11-9-4-7-10(8-9)5-2-1-3-6-10/h9,11H,1-8H2. The zero-order chi connectivity index (χ0) is 7.73. The van der Waals surface area contributed by atoms with Gasteiger partial charge in [0.2, 0.25) is 0 Å². The predicted molar refractivity (Wildman–Crippen MR) is 45.4 cm³/mol. The molecule has 1 N–H and O–H groups in total. The van der Waals surface area contributed by atoms with Crippen LogP contribution in [0.3, 0.4) is 0 Å². The maximum absolute atomic E-state index is 9.45. The lowest BCUT2D eigenvalue weighted by Crippen LogP contribution is -2.21. The molecule has 2 aliphatic rings. The van der Waals surface area contributed by atoms with Crippen LogP contribution < -0.4 is 0 Å². The van der Waals surface area contributed by atoms with E-state index in [0.717, 1.165) is 12.8 Å². The topological polar surface area (TPSA) is 20.2 Å². The van der Waals surface area contributed by atoms with Crippen LogP contribution in [-0.4, -0.2) is 11.2 Å². The molecular weight excluding hydrogens is 136 g/mol. The van der Waals surface area contributed by atoms with Gasteiger partial charge in [0.05, 0.1) is 6.10 Å². The summed E-state index contributed by atoms with van der Waals surface area (Å²) in [5.41, 5.74) is 0.595. The molecule has 2 rings (SSSR count). The normalized spacial score (nSPS) is 36.3. The average molecular weight is 154 g/mol. The average Bonchev–Trinajstić information content (AvgIpc) is 2.34. The molecule has 0 bridgehead atoms. The van der Waals surface area contributed by atoms with E-state index >= 15 is 0 Å². The molecule has 0 radical (unpaired) electrons. The molecule has 0 aromatic heterocycles. The first-order valence-electron chi connectivity index (χ1n) is 4.99. The van der Waals surface area contributed by atoms with Gasteiger partial charge in [-0.3, -0.25) is 0 Å². The lowest BCUT2D eigenvalue weighted by atomic mass is 9.73. The second-order valence-electron chi connectivity index (χ2n) is 4.46. The fraction of sp³-hybridized carbons (Fsp3) is 1.00. The molecule has 1 atom stereocenters. The van der Waals surface area contributed by atoms with E-state index in [4.69, 9.17) is 0 Å². The van der Waals surface area contributed by atoms with Gasteiger partial charge in [-0.2, -0.15) is 0 Å². The Morgan fingerprint density at radius 1 is 1.00 bits per heavy atom. The molecule has 1 heteroatoms. The molecule has 64 valence electrons. The molecule has 0 aliphatic heterocycles. The van der Waals surface area contributed by atoms with Gasteiger partial charge >= 0.3 is 0 Å². The first-order chi connectivity index (χ1) is 5.31. The van der Waals surface area contributed by atoms with Crippen molar-refractivity contribution in [2.75, 3.05) is 0 Å². The summed E-state index contributed by atoms with van der Waals surface area (Å²) in [6, 6.07) is 0. The maximum Gasteiger partial charge on any atom is 0.0545 e. The van der Waals surface area contributed by atoms with Gasteiger partial charge in [0.15, 0.2) is 0 Å². The van der Waals surface area contributed by atoms with Gasteiger partial charge in [0.1, 0.15) is 0 Å². The Labute approximate surface area is 68.8 Å². The van der Waals surface area contributed by atoms with Gasteiger partial charge in [0, 0.05) is 0 Å². The third-order valence-electron chi connectivity index (χ3n) is 3.59. The SMILES string of the molecule is OC1CCC2(CCCCC2)C1. The monoisotopic (exact) mass is 154 g/mol. The summed E-state index contributed by atoms with van der Waals surface area (Å²) in [5.74, 6) is 0. The molecule has 0 amide bonds. The van der Waals surface area contributed by atoms with E-state index in [9.17, 15) is 5.11 Å². The minimum absolute atomic E-state index is 0.0353. The van der Waals surface area contributed by atoms with Crippen LogP contribution in [0, 0.1) is 5.41 Å². The molecule has 1 spiro atoms. The van der Waals surface area contributed by atoms with E-state index < -0.39 is 0 Å². The maximum atomic E-state index is 9.45. The van der Waals surface area contributed by atoms with E-state index in [-0.39, 0.29) is 6.10 Å². The summed E-state index contributed by atoms with van der Waals surface area (Å²) < 4.78 is 0. The van der Waals surface area contributed by atoms with Crippen LogP contribution in [-0.2, 0) is 0 Å². The first kappa shape index (κ1) is 7.60. The lowest BCUT2D eigenvalue weighted by Gasteiger charge is -2.33. The highest BCUT2D eigenvalue weighted by Crippen LogP contribution is 2.48. The molecule has 1 unspecified atom stereocenters. The van der Waals surface area contributed by atoms with Crippen LogP contribution in [0.5, 0.6) is 0 Å². The Balaban J connectivity index is 1.98. The van der Waals surface area contributed by atoms with Crippen LogP contribution in [0.4, 0.5) is 0 Å². The van der Waals surface area contributed by atoms with Crippen molar-refractivity contribution in [1.29, 1.82) is 0 Å². The Morgan fingerprint density at radius 3 is 2.27 bits per heavy atom. The van der Waals surface area contributed by atoms with Crippen LogP contribution in [0.25, 0.3) is 0 Å². The Morgan fingerprint density at radius 2 is 1.73 bits per heavy atom. The molecule has 11 heavy (non-hydrogen) atoms. The van der Waals surface area contributed by atoms with Gasteiger partial charge < -0.3 is 5.11 Å². The minimum Gasteiger partial charge on any atom is -0.393 e. The van der Waals surface area contributed by atoms with Gasteiger partial charge in [-0.25, -0.2) is 0 Å². The molecule has 2 saturated carbocycles. The number of hydrogen-bond acceptors (Lipinski definition) is 1. The van der Waals surface area contributed by atoms with Crippen LogP contribution >= 0.6 is 0 Å². The van der Waals surface area contributed by atoms with Gasteiger partial charge in [-0.15, -0.1) is 0 Å². The predicted octanol–water partition coefficient (Wildman–Crippen LogP) is 2.48. The Bertz CT molecular complexity index is 130. The zero-order valence-electron chi connectivity index (χ0n) is 7.18. The third kappa shape index (κ3) is 1.44. The molecule has 1 nitrogen and oxygen atoms in total. The second kappa shape index (κ2) is 2.78. The summed E-state index contributed by atoms with van der Waals surface area (Å²) in [4.78, 5) is 0. The number of aliphatic hydroxyl groups excluding tert-OH is 1. The van der Waals surface area contributed by atoms with E-state index in [1.807, 2.05) is 0 Å². The molecule has 0 aromatic carbocycles. The Hall–Kier alpha value is -0.0400. The van der Waals surface area contributed by atoms with Crippen molar-refractivity contribution in [2.45, 2.75) is 57.5 Å². The number of hydrogen-bond donors (Lipinski definition) is 1. The van der Waals surface area contributed by atoms with Crippen molar-refractivity contribution in [1.82, 2.24) is 0 Å². The summed E-state index contributed by atoms with van der Waals surface area (Å²) in [7, 11) is 0. The number of rotatable bonds is 0. The smallest absolute Gasteiger partial charge is 0.0545 e. The van der Waals surface area contributed by atoms with Crippen molar-refractivity contribution in [3.63, 3.8) is 0 Å². The van der Waals surface area contributed by atoms with Gasteiger partial charge in [-0.1, -0.05) is 19.3 Å². The van der Waals surface area contributed by atoms with E-state index in [0.29, 0.717) is 5.41 Å². The fourth-order valence-corrected chi connectivity index (χ4v) is 2.93. The lowest BCUT2D eigenvalue weighted by molar-refractivity contribution is 0.135.